The largest absolute Gasteiger partial charge is 0.489 e. The fraction of sp³-hybridized carbons (Fsp3) is 0.294. The Morgan fingerprint density at radius 1 is 1.23 bits per heavy atom. The van der Waals surface area contributed by atoms with Gasteiger partial charge in [0.05, 0.1) is 6.61 Å². The van der Waals surface area contributed by atoms with Gasteiger partial charge in [-0.1, -0.05) is 0 Å². The van der Waals surface area contributed by atoms with Gasteiger partial charge in [0.25, 0.3) is 0 Å². The summed E-state index contributed by atoms with van der Waals surface area (Å²) >= 11 is 0. The Hall–Kier alpha value is -2.56. The van der Waals surface area contributed by atoms with Gasteiger partial charge in [-0.15, -0.1) is 0 Å². The minimum atomic E-state index is -0.177. The highest BCUT2D eigenvalue weighted by Gasteiger charge is 2.63. The summed E-state index contributed by atoms with van der Waals surface area (Å²) in [6, 6.07) is 9.29. The van der Waals surface area contributed by atoms with E-state index in [1.54, 1.807) is 24.5 Å². The Morgan fingerprint density at radius 3 is 2.82 bits per heavy atom. The van der Waals surface area contributed by atoms with Crippen molar-refractivity contribution >= 4 is 5.97 Å². The lowest BCUT2D eigenvalue weighted by Crippen LogP contribution is -2.13. The van der Waals surface area contributed by atoms with Crippen molar-refractivity contribution in [2.75, 3.05) is 6.61 Å². The van der Waals surface area contributed by atoms with Crippen LogP contribution in [-0.4, -0.2) is 23.7 Å². The molecule has 1 aromatic carbocycles. The average Bonchev–Trinajstić information content (AvgIpc) is 3.13. The molecular formula is C17H15NO4. The highest BCUT2D eigenvalue weighted by atomic mass is 16.5. The molecule has 1 fully saturated rings. The van der Waals surface area contributed by atoms with E-state index in [1.165, 1.54) is 0 Å². The number of carbonyl (C=O) groups excluding carboxylic acids is 1. The predicted octanol–water partition coefficient (Wildman–Crippen LogP) is 2.91. The number of hydrogen-bond acceptors (Lipinski definition) is 5. The molecule has 5 heteroatoms. The zero-order valence-electron chi connectivity index (χ0n) is 12.1. The standard InChI is InChI=1S/C17H15NO4/c1-2-20-17(19)15-14-12-9-11(3-4-13(12)22-16(14)15)21-10-5-7-18-8-6-10/h3-9,14-16H,2H2,1H3/t14-,15-,16-/m0/s1. The van der Waals surface area contributed by atoms with Gasteiger partial charge in [-0.05, 0) is 37.3 Å². The van der Waals surface area contributed by atoms with Gasteiger partial charge in [0.2, 0.25) is 0 Å². The van der Waals surface area contributed by atoms with E-state index in [-0.39, 0.29) is 23.9 Å². The van der Waals surface area contributed by atoms with Gasteiger partial charge in [0, 0.05) is 23.9 Å². The number of nitrogens with zero attached hydrogens (tertiary/aromatic N) is 1. The second kappa shape index (κ2) is 5.02. The molecule has 0 amide bonds. The molecule has 22 heavy (non-hydrogen) atoms. The van der Waals surface area contributed by atoms with Crippen molar-refractivity contribution in [3.05, 3.63) is 48.3 Å². The third-order valence-electron chi connectivity index (χ3n) is 4.00. The summed E-state index contributed by atoms with van der Waals surface area (Å²) in [5.41, 5.74) is 1.02. The van der Waals surface area contributed by atoms with Crippen molar-refractivity contribution in [1.29, 1.82) is 0 Å². The van der Waals surface area contributed by atoms with Crippen LogP contribution in [0.2, 0.25) is 0 Å². The molecule has 0 bridgehead atoms. The maximum absolute atomic E-state index is 11.9. The monoisotopic (exact) mass is 297 g/mol. The van der Waals surface area contributed by atoms with Crippen molar-refractivity contribution in [3.63, 3.8) is 0 Å². The SMILES string of the molecule is CCOC(=O)[C@@H]1[C@H]2Oc3ccc(Oc4ccncc4)cc3[C@H]21. The molecule has 4 rings (SSSR count). The van der Waals surface area contributed by atoms with Crippen LogP contribution >= 0.6 is 0 Å². The third-order valence-corrected chi connectivity index (χ3v) is 4.00. The van der Waals surface area contributed by atoms with Crippen molar-refractivity contribution in [1.82, 2.24) is 4.98 Å². The summed E-state index contributed by atoms with van der Waals surface area (Å²) in [5, 5.41) is 0. The van der Waals surface area contributed by atoms with E-state index in [0.29, 0.717) is 6.61 Å². The van der Waals surface area contributed by atoms with Gasteiger partial charge in [-0.25, -0.2) is 0 Å². The van der Waals surface area contributed by atoms with Crippen LogP contribution in [-0.2, 0) is 9.53 Å². The van der Waals surface area contributed by atoms with Crippen LogP contribution in [0.1, 0.15) is 18.4 Å². The van der Waals surface area contributed by atoms with Crippen molar-refractivity contribution in [2.45, 2.75) is 18.9 Å². The zero-order chi connectivity index (χ0) is 15.1. The number of aromatic nitrogens is 1. The maximum atomic E-state index is 11.9. The normalized spacial score (nSPS) is 24.0. The average molecular weight is 297 g/mol. The van der Waals surface area contributed by atoms with Crippen molar-refractivity contribution in [2.24, 2.45) is 5.92 Å². The van der Waals surface area contributed by atoms with Gasteiger partial charge in [-0.2, -0.15) is 0 Å². The van der Waals surface area contributed by atoms with Crippen LogP contribution in [0.25, 0.3) is 0 Å². The number of rotatable bonds is 4. The van der Waals surface area contributed by atoms with Gasteiger partial charge < -0.3 is 14.2 Å². The number of pyridine rings is 1. The topological polar surface area (TPSA) is 57.7 Å². The van der Waals surface area contributed by atoms with Crippen molar-refractivity contribution in [3.8, 4) is 17.2 Å². The van der Waals surface area contributed by atoms with E-state index in [0.717, 1.165) is 22.8 Å². The molecule has 1 aromatic heterocycles. The summed E-state index contributed by atoms with van der Waals surface area (Å²) in [4.78, 5) is 15.8. The number of carbonyl (C=O) groups is 1. The molecule has 0 N–H and O–H groups in total. The second-order valence-electron chi connectivity index (χ2n) is 5.37. The smallest absolute Gasteiger partial charge is 0.313 e. The summed E-state index contributed by atoms with van der Waals surface area (Å²) in [6.07, 6.45) is 3.28. The Bertz CT molecular complexity index is 716. The Kier molecular flexibility index (Phi) is 2.99. The fourth-order valence-corrected chi connectivity index (χ4v) is 2.97. The van der Waals surface area contributed by atoms with Crippen LogP contribution in [0.3, 0.4) is 0 Å². The first kappa shape index (κ1) is 13.1. The van der Waals surface area contributed by atoms with Crippen LogP contribution in [0, 0.1) is 5.92 Å². The zero-order valence-corrected chi connectivity index (χ0v) is 12.1. The molecule has 1 saturated carbocycles. The summed E-state index contributed by atoms with van der Waals surface area (Å²) < 4.78 is 16.7. The molecule has 2 aromatic rings. The summed E-state index contributed by atoms with van der Waals surface area (Å²) in [6.45, 7) is 2.21. The molecule has 1 aliphatic carbocycles. The van der Waals surface area contributed by atoms with Gasteiger partial charge >= 0.3 is 5.97 Å². The highest BCUT2D eigenvalue weighted by molar-refractivity contribution is 5.80. The van der Waals surface area contributed by atoms with E-state index >= 15 is 0 Å². The number of ether oxygens (including phenoxy) is 3. The summed E-state index contributed by atoms with van der Waals surface area (Å²) in [5.74, 6) is 2.02. The van der Waals surface area contributed by atoms with E-state index in [9.17, 15) is 4.79 Å². The summed E-state index contributed by atoms with van der Waals surface area (Å²) in [7, 11) is 0. The molecule has 0 radical (unpaired) electrons. The molecule has 2 heterocycles. The number of fused-ring (bicyclic) bond motifs is 3. The minimum absolute atomic E-state index is 0.0785. The number of esters is 1. The first-order valence-corrected chi connectivity index (χ1v) is 7.33. The Labute approximate surface area is 127 Å². The first-order valence-electron chi connectivity index (χ1n) is 7.33. The van der Waals surface area contributed by atoms with Crippen LogP contribution in [0.15, 0.2) is 42.7 Å². The second-order valence-corrected chi connectivity index (χ2v) is 5.37. The van der Waals surface area contributed by atoms with Crippen LogP contribution in [0.4, 0.5) is 0 Å². The van der Waals surface area contributed by atoms with E-state index in [2.05, 4.69) is 4.98 Å². The molecule has 0 saturated heterocycles. The lowest BCUT2D eigenvalue weighted by molar-refractivity contribution is -0.145. The van der Waals surface area contributed by atoms with Gasteiger partial charge in [0.15, 0.2) is 0 Å². The van der Waals surface area contributed by atoms with E-state index in [4.69, 9.17) is 14.2 Å². The minimum Gasteiger partial charge on any atom is -0.489 e. The van der Waals surface area contributed by atoms with Crippen LogP contribution in [0.5, 0.6) is 17.2 Å². The molecule has 0 spiro atoms. The van der Waals surface area contributed by atoms with Gasteiger partial charge in [0.1, 0.15) is 29.3 Å². The van der Waals surface area contributed by atoms with Crippen molar-refractivity contribution < 1.29 is 19.0 Å². The fourth-order valence-electron chi connectivity index (χ4n) is 2.97. The third kappa shape index (κ3) is 2.09. The molecular weight excluding hydrogens is 282 g/mol. The Morgan fingerprint density at radius 2 is 2.05 bits per heavy atom. The maximum Gasteiger partial charge on any atom is 0.313 e. The van der Waals surface area contributed by atoms with E-state index in [1.807, 2.05) is 25.1 Å². The number of benzene rings is 1. The lowest BCUT2D eigenvalue weighted by atomic mass is 10.1. The predicted molar refractivity (Wildman–Crippen MR) is 78.0 cm³/mol. The quantitative estimate of drug-likeness (QED) is 0.812. The van der Waals surface area contributed by atoms with Crippen LogP contribution < -0.4 is 9.47 Å². The number of hydrogen-bond donors (Lipinski definition) is 0. The molecule has 3 atom stereocenters. The molecule has 112 valence electrons. The molecule has 5 nitrogen and oxygen atoms in total. The van der Waals surface area contributed by atoms with Gasteiger partial charge in [-0.3, -0.25) is 9.78 Å². The van der Waals surface area contributed by atoms with E-state index < -0.39 is 0 Å². The Balaban J connectivity index is 1.54. The highest BCUT2D eigenvalue weighted by Crippen LogP contribution is 2.59. The lowest BCUT2D eigenvalue weighted by Gasteiger charge is -2.10. The molecule has 1 aliphatic heterocycles. The first-order chi connectivity index (χ1) is 10.8. The molecule has 0 unspecified atom stereocenters. The molecule has 2 aliphatic rings.